The summed E-state index contributed by atoms with van der Waals surface area (Å²) in [5.41, 5.74) is 0. The molecule has 12 heteroatoms. The molecule has 3 nitrogen and oxygen atoms in total. The third-order valence-electron chi connectivity index (χ3n) is 4.98. The van der Waals surface area contributed by atoms with Crippen molar-refractivity contribution in [2.45, 2.75) is 48.5 Å². The molecule has 0 unspecified atom stereocenters. The van der Waals surface area contributed by atoms with E-state index in [9.17, 15) is 25.2 Å². The summed E-state index contributed by atoms with van der Waals surface area (Å²) in [7, 11) is -9.54. The summed E-state index contributed by atoms with van der Waals surface area (Å²) in [5, 5.41) is 17.1. The Balaban J connectivity index is -0.000000472. The number of halogens is 6. The second-order valence-corrected chi connectivity index (χ2v) is 11.6. The van der Waals surface area contributed by atoms with E-state index in [0.29, 0.717) is 0 Å². The number of hydrogen-bond donors (Lipinski definition) is 0. The van der Waals surface area contributed by atoms with E-state index in [-0.39, 0.29) is 19.5 Å². The van der Waals surface area contributed by atoms with E-state index < -0.39 is 16.0 Å². The summed E-state index contributed by atoms with van der Waals surface area (Å²) >= 11 is 0. The predicted molar refractivity (Wildman–Crippen MR) is 147 cm³/mol. The van der Waals surface area contributed by atoms with Crippen LogP contribution in [0, 0.1) is 52.3 Å². The maximum Gasteiger partial charge on any atom is 2.00 e. The van der Waals surface area contributed by atoms with Crippen molar-refractivity contribution >= 4 is 26.6 Å². The van der Waals surface area contributed by atoms with Gasteiger partial charge in [0.25, 0.3) is 0 Å². The first-order valence-corrected chi connectivity index (χ1v) is 14.4. The largest absolute Gasteiger partial charge is 2.00 e. The monoisotopic (exact) mass is 680 g/mol. The summed E-state index contributed by atoms with van der Waals surface area (Å²) in [6.45, 7) is 13.9. The Kier molecular flexibility index (Phi) is 19.3. The van der Waals surface area contributed by atoms with E-state index in [0.717, 1.165) is 0 Å². The average Bonchev–Trinajstić information content (AvgIpc) is 2.98. The Hall–Kier alpha value is -1.56. The fraction of sp³-hybridized carbons (Fsp3) is 0.296. The van der Waals surface area contributed by atoms with Gasteiger partial charge in [0.15, 0.2) is 0 Å². The molecule has 0 amide bonds. The van der Waals surface area contributed by atoms with Gasteiger partial charge < -0.3 is 4.52 Å². The van der Waals surface area contributed by atoms with E-state index in [4.69, 9.17) is 15.0 Å². The van der Waals surface area contributed by atoms with Gasteiger partial charge in [-0.25, -0.2) is 0 Å². The van der Waals surface area contributed by atoms with E-state index in [1.807, 2.05) is 36.4 Å². The fourth-order valence-corrected chi connectivity index (χ4v) is 4.50. The molecule has 0 aliphatic heterocycles. The van der Waals surface area contributed by atoms with Crippen LogP contribution in [-0.4, -0.2) is 7.11 Å². The van der Waals surface area contributed by atoms with Gasteiger partial charge in [-0.3, -0.25) is 0 Å². The van der Waals surface area contributed by atoms with Crippen LogP contribution in [-0.2, 0) is 24.0 Å². The minimum atomic E-state index is -10.7. The summed E-state index contributed by atoms with van der Waals surface area (Å²) in [6.07, 6.45) is 0. The van der Waals surface area contributed by atoms with Gasteiger partial charge in [-0.1, -0.05) is 95.3 Å². The first-order chi connectivity index (χ1) is 17.2. The van der Waals surface area contributed by atoms with Gasteiger partial charge in [0.05, 0.1) is 20.3 Å². The molecule has 1 fully saturated rings. The minimum Gasteiger partial charge on any atom is 2.00 e. The number of nitrogens with zero attached hydrogens (tertiary/aromatic N) is 2. The Morgan fingerprint density at radius 2 is 0.769 bits per heavy atom. The normalized spacial score (nSPS) is 15.9. The SMILES string of the molecule is CC#N.CC#N.COP(c1ccccc1)c1ccccc1.C[C]1[C](C)[C](C)[C](C)[C]1C.F[P-](F)(F)(F)(F)F.[Ru+2]. The molecule has 1 aliphatic carbocycles. The van der Waals surface area contributed by atoms with Gasteiger partial charge in [-0.2, -0.15) is 10.5 Å². The molecule has 0 atom stereocenters. The molecule has 0 aromatic heterocycles. The number of benzene rings is 2. The van der Waals surface area contributed by atoms with Crippen molar-refractivity contribution in [2.24, 2.45) is 0 Å². The van der Waals surface area contributed by atoms with Crippen molar-refractivity contribution in [3.05, 3.63) is 90.3 Å². The second-order valence-electron chi connectivity index (χ2n) is 7.68. The van der Waals surface area contributed by atoms with Crippen LogP contribution in [0.25, 0.3) is 0 Å². The van der Waals surface area contributed by atoms with Crippen LogP contribution in [0.5, 0.6) is 0 Å². The molecule has 217 valence electrons. The smallest absolute Gasteiger partial charge is 2.00 e. The van der Waals surface area contributed by atoms with Crippen LogP contribution in [0.4, 0.5) is 25.2 Å². The molecule has 2 aromatic carbocycles. The summed E-state index contributed by atoms with van der Waals surface area (Å²) in [4.78, 5) is 0. The van der Waals surface area contributed by atoms with Crippen molar-refractivity contribution in [2.75, 3.05) is 7.11 Å². The molecule has 0 spiro atoms. The van der Waals surface area contributed by atoms with Crippen LogP contribution in [0.2, 0.25) is 0 Å². The number of hydrogen-bond acceptors (Lipinski definition) is 3. The Bertz CT molecular complexity index is 893. The van der Waals surface area contributed by atoms with Crippen LogP contribution < -0.4 is 10.6 Å². The summed E-state index contributed by atoms with van der Waals surface area (Å²) < 4.78 is 64.8. The molecule has 2 aromatic rings. The van der Waals surface area contributed by atoms with Crippen LogP contribution in [0.15, 0.2) is 60.7 Å². The van der Waals surface area contributed by atoms with Gasteiger partial charge in [-0.15, -0.1) is 0 Å². The Labute approximate surface area is 243 Å². The first-order valence-electron chi connectivity index (χ1n) is 11.1. The molecule has 5 radical (unpaired) electrons. The minimum absolute atomic E-state index is 0. The molecular weight excluding hydrogens is 645 g/mol. The first kappa shape index (κ1) is 41.9. The zero-order chi connectivity index (χ0) is 30.2. The standard InChI is InChI=1S/C13H13OP.C10H15.2C2H3N.F6P.Ru/c1-14-15(12-8-4-2-5-9-12)13-10-6-3-7-11-13;1-6-7(2)9(4)10(5)8(6)3;2*1-2-3;1-7(2,3,4,5)6;/h2-11H,1H3;1-5H3;2*1H3;;/q;;;;-1;+2. The van der Waals surface area contributed by atoms with E-state index in [1.165, 1.54) is 54.0 Å². The number of nitriles is 2. The van der Waals surface area contributed by atoms with Crippen molar-refractivity contribution in [1.82, 2.24) is 0 Å². The molecule has 0 saturated heterocycles. The zero-order valence-electron chi connectivity index (χ0n) is 23.1. The molecule has 1 aliphatic rings. The van der Waals surface area contributed by atoms with E-state index in [1.54, 1.807) is 19.2 Å². The van der Waals surface area contributed by atoms with Gasteiger partial charge in [0, 0.05) is 31.6 Å². The fourth-order valence-electron chi connectivity index (χ4n) is 2.89. The molecule has 0 N–H and O–H groups in total. The Morgan fingerprint density at radius 3 is 0.923 bits per heavy atom. The molecule has 3 rings (SSSR count). The summed E-state index contributed by atoms with van der Waals surface area (Å²) in [6, 6.07) is 24.2. The summed E-state index contributed by atoms with van der Waals surface area (Å²) in [5.74, 6) is 7.34. The predicted octanol–water partition coefficient (Wildman–Crippen LogP) is 10.1. The van der Waals surface area contributed by atoms with Gasteiger partial charge in [0.1, 0.15) is 0 Å². The Morgan fingerprint density at radius 1 is 0.590 bits per heavy atom. The van der Waals surface area contributed by atoms with Crippen LogP contribution in [0.1, 0.15) is 48.5 Å². The zero-order valence-corrected chi connectivity index (χ0v) is 26.6. The van der Waals surface area contributed by atoms with Crippen molar-refractivity contribution in [3.63, 3.8) is 0 Å². The van der Waals surface area contributed by atoms with Gasteiger partial charge in [-0.05, 0) is 29.6 Å². The van der Waals surface area contributed by atoms with Gasteiger partial charge >= 0.3 is 52.5 Å². The van der Waals surface area contributed by atoms with Gasteiger partial charge in [0.2, 0.25) is 0 Å². The van der Waals surface area contributed by atoms with Crippen molar-refractivity contribution in [3.8, 4) is 12.1 Å². The van der Waals surface area contributed by atoms with Crippen molar-refractivity contribution < 1.29 is 49.2 Å². The molecule has 0 heterocycles. The maximum atomic E-state index is 9.87. The second kappa shape index (κ2) is 18.0. The van der Waals surface area contributed by atoms with Crippen molar-refractivity contribution in [1.29, 1.82) is 10.5 Å². The van der Waals surface area contributed by atoms with E-state index >= 15 is 0 Å². The molecule has 1 saturated carbocycles. The average molecular weight is 680 g/mol. The quantitative estimate of drug-likeness (QED) is 0.184. The van der Waals surface area contributed by atoms with E-state index in [2.05, 4.69) is 58.9 Å². The third kappa shape index (κ3) is 21.9. The third-order valence-corrected chi connectivity index (χ3v) is 6.88. The van der Waals surface area contributed by atoms with Crippen LogP contribution in [0.3, 0.4) is 0 Å². The maximum absolute atomic E-state index is 10.7. The van der Waals surface area contributed by atoms with Crippen LogP contribution >= 0.6 is 16.0 Å². The molecule has 39 heavy (non-hydrogen) atoms. The molecular formula is C27H34F6N2OP2Ru+. The number of rotatable bonds is 3. The topological polar surface area (TPSA) is 56.8 Å². The molecule has 0 bridgehead atoms.